The van der Waals surface area contributed by atoms with Gasteiger partial charge in [-0.3, -0.25) is 0 Å². The van der Waals surface area contributed by atoms with Gasteiger partial charge < -0.3 is 0 Å². The Balaban J connectivity index is 1.21. The van der Waals surface area contributed by atoms with E-state index in [1.807, 2.05) is 24.3 Å². The van der Waals surface area contributed by atoms with E-state index in [0.717, 1.165) is 8.92 Å². The first-order chi connectivity index (χ1) is 20.6. The van der Waals surface area contributed by atoms with Crippen molar-refractivity contribution in [3.63, 3.8) is 0 Å². The van der Waals surface area contributed by atoms with Crippen molar-refractivity contribution in [2.45, 2.75) is 0 Å². The third-order valence-electron chi connectivity index (χ3n) is 6.23. The van der Waals surface area contributed by atoms with E-state index in [0.29, 0.717) is 0 Å². The second-order valence-electron chi connectivity index (χ2n) is 8.99. The zero-order chi connectivity index (χ0) is 28.7. The summed E-state index contributed by atoms with van der Waals surface area (Å²) in [5, 5.41) is 4.95. The van der Waals surface area contributed by atoms with Crippen molar-refractivity contribution in [2.75, 3.05) is 0 Å². The van der Waals surface area contributed by atoms with Crippen LogP contribution in [-0.2, 0) is 0 Å². The predicted octanol–water partition coefficient (Wildman–Crippen LogP) is 2.86. The molecule has 6 rings (SSSR count). The minimum absolute atomic E-state index is 0.0412. The fourth-order valence-electron chi connectivity index (χ4n) is 4.36. The summed E-state index contributed by atoms with van der Waals surface area (Å²) in [5.74, 6) is 5.82. The van der Waals surface area contributed by atoms with E-state index in [-0.39, 0.29) is 71.5 Å². The molecule has 0 N–H and O–H groups in total. The van der Waals surface area contributed by atoms with Crippen molar-refractivity contribution < 1.29 is 8.78 Å². The summed E-state index contributed by atoms with van der Waals surface area (Å²) < 4.78 is 34.2. The third-order valence-corrected chi connectivity index (χ3v) is 13.9. The van der Waals surface area contributed by atoms with Crippen LogP contribution in [0.4, 0.5) is 8.78 Å². The molecule has 0 spiro atoms. The van der Waals surface area contributed by atoms with Crippen molar-refractivity contribution in [1.82, 2.24) is 0 Å². The molecular formula is C36H20F2Se4. The molecule has 202 valence electrons. The first kappa shape index (κ1) is 29.0. The average molecular weight is 806 g/mol. The van der Waals surface area contributed by atoms with E-state index in [1.54, 1.807) is 0 Å². The first-order valence-electron chi connectivity index (χ1n) is 12.9. The fraction of sp³-hybridized carbons (Fsp3) is 0. The Bertz CT molecular complexity index is 1850. The molecule has 6 heteroatoms. The number of hydrogen-bond acceptors (Lipinski definition) is 0. The van der Waals surface area contributed by atoms with Crippen LogP contribution in [0.3, 0.4) is 0 Å². The van der Waals surface area contributed by atoms with Crippen molar-refractivity contribution in [3.05, 3.63) is 133 Å². The van der Waals surface area contributed by atoms with E-state index in [9.17, 15) is 8.78 Å². The van der Waals surface area contributed by atoms with Gasteiger partial charge >= 0.3 is 271 Å². The minimum atomic E-state index is -0.207. The van der Waals surface area contributed by atoms with Gasteiger partial charge in [0.05, 0.1) is 0 Å². The number of hydrogen-bond donors (Lipinski definition) is 0. The van der Waals surface area contributed by atoms with E-state index in [2.05, 4.69) is 94.3 Å². The van der Waals surface area contributed by atoms with Crippen molar-refractivity contribution in [1.29, 1.82) is 0 Å². The topological polar surface area (TPSA) is 0 Å². The molecule has 0 bridgehead atoms. The molecule has 6 aromatic rings. The summed E-state index contributed by atoms with van der Waals surface area (Å²) in [6.07, 6.45) is 0. The Hall–Kier alpha value is -3.10. The molecule has 0 saturated carbocycles. The Morgan fingerprint density at radius 1 is 0.405 bits per heavy atom. The molecule has 0 radical (unpaired) electrons. The van der Waals surface area contributed by atoms with E-state index in [1.165, 1.54) is 63.7 Å². The number of benzene rings is 6. The van der Waals surface area contributed by atoms with Crippen LogP contribution in [-0.4, -0.2) is 59.8 Å². The maximum atomic E-state index is 13.4. The van der Waals surface area contributed by atoms with Crippen molar-refractivity contribution in [3.8, 4) is 21.5 Å². The van der Waals surface area contributed by atoms with Gasteiger partial charge in [-0.15, -0.1) is 0 Å². The molecule has 0 aliphatic rings. The summed E-state index contributed by atoms with van der Waals surface area (Å²) in [7, 11) is 0. The number of fused-ring (bicyclic) bond motifs is 2. The van der Waals surface area contributed by atoms with E-state index in [4.69, 9.17) is 0 Å². The molecule has 0 aliphatic carbocycles. The molecule has 0 heterocycles. The van der Waals surface area contributed by atoms with Crippen LogP contribution in [0.25, 0.3) is 21.5 Å². The summed E-state index contributed by atoms with van der Waals surface area (Å²) in [6.45, 7) is 0. The van der Waals surface area contributed by atoms with Crippen LogP contribution in [0.2, 0.25) is 0 Å². The molecule has 0 fully saturated rings. The molecular weight excluding hydrogens is 786 g/mol. The molecule has 0 aliphatic heterocycles. The molecule has 0 aromatic heterocycles. The zero-order valence-electron chi connectivity index (χ0n) is 21.9. The van der Waals surface area contributed by atoms with Crippen LogP contribution in [0.5, 0.6) is 0 Å². The second-order valence-corrected chi connectivity index (χ2v) is 17.2. The monoisotopic (exact) mass is 810 g/mol. The standard InChI is InChI=1S/C36H20F2Se4/c37-27-15-19-29(20-16-27)41-33-13-5-9-25-7-3-11-31(35(25)33)39-23-1-2-24-40-32-12-4-8-26-10-6-14-34(36(26)32)42-30-21-17-28(38)18-22-30/h3-22H. The van der Waals surface area contributed by atoms with Crippen LogP contribution < -0.4 is 26.8 Å². The normalized spacial score (nSPS) is 10.6. The van der Waals surface area contributed by atoms with Gasteiger partial charge in [-0.2, -0.15) is 0 Å². The quantitative estimate of drug-likeness (QED) is 0.180. The average Bonchev–Trinajstić information content (AvgIpc) is 3.01. The van der Waals surface area contributed by atoms with Crippen molar-refractivity contribution >= 4 is 108 Å². The first-order valence-corrected chi connectivity index (χ1v) is 19.7. The maximum absolute atomic E-state index is 13.4. The fourth-order valence-corrected chi connectivity index (χ4v) is 12.1. The third kappa shape index (κ3) is 7.09. The van der Waals surface area contributed by atoms with Crippen LogP contribution in [0.15, 0.2) is 121 Å². The van der Waals surface area contributed by atoms with Crippen LogP contribution in [0.1, 0.15) is 0 Å². The van der Waals surface area contributed by atoms with Gasteiger partial charge in [0.25, 0.3) is 0 Å². The molecule has 0 nitrogen and oxygen atoms in total. The van der Waals surface area contributed by atoms with E-state index < -0.39 is 0 Å². The van der Waals surface area contributed by atoms with Gasteiger partial charge in [0.2, 0.25) is 0 Å². The van der Waals surface area contributed by atoms with Gasteiger partial charge in [-0.05, 0) is 0 Å². The van der Waals surface area contributed by atoms with Gasteiger partial charge in [0.1, 0.15) is 0 Å². The molecule has 0 unspecified atom stereocenters. The molecule has 6 aromatic carbocycles. The van der Waals surface area contributed by atoms with Crippen molar-refractivity contribution in [2.24, 2.45) is 0 Å². The SMILES string of the molecule is Fc1ccc([Se]c2cccc3cccc([Se]C#CC#C[Se]c4cccc5cccc([Se]c6ccc(F)cc6)c45)c23)cc1. The molecule has 0 amide bonds. The summed E-state index contributed by atoms with van der Waals surface area (Å²) in [6, 6.07) is 39.3. The van der Waals surface area contributed by atoms with Crippen LogP contribution >= 0.6 is 0 Å². The molecule has 42 heavy (non-hydrogen) atoms. The Labute approximate surface area is 269 Å². The zero-order valence-corrected chi connectivity index (χ0v) is 28.8. The van der Waals surface area contributed by atoms with Gasteiger partial charge in [-0.1, -0.05) is 0 Å². The molecule has 0 atom stereocenters. The second kappa shape index (κ2) is 13.9. The number of halogens is 2. The van der Waals surface area contributed by atoms with Gasteiger partial charge in [-0.25, -0.2) is 0 Å². The van der Waals surface area contributed by atoms with Gasteiger partial charge in [0, 0.05) is 0 Å². The summed E-state index contributed by atoms with van der Waals surface area (Å²) in [5.41, 5.74) is 0. The molecule has 0 saturated heterocycles. The summed E-state index contributed by atoms with van der Waals surface area (Å²) >= 11 is 0.0653. The summed E-state index contributed by atoms with van der Waals surface area (Å²) in [4.78, 5) is 6.69. The van der Waals surface area contributed by atoms with Crippen LogP contribution in [0, 0.1) is 33.1 Å². The van der Waals surface area contributed by atoms with Gasteiger partial charge in [0.15, 0.2) is 0 Å². The Morgan fingerprint density at radius 2 is 0.762 bits per heavy atom. The number of rotatable bonds is 6. The Kier molecular flexibility index (Phi) is 9.60. The van der Waals surface area contributed by atoms with E-state index >= 15 is 0 Å². The Morgan fingerprint density at radius 3 is 1.14 bits per heavy atom. The predicted molar refractivity (Wildman–Crippen MR) is 177 cm³/mol.